The molecule has 1 heterocycles. The Hall–Kier alpha value is -2.07. The van der Waals surface area contributed by atoms with Crippen LogP contribution in [0.5, 0.6) is 5.75 Å². The van der Waals surface area contributed by atoms with E-state index in [0.717, 1.165) is 5.69 Å². The van der Waals surface area contributed by atoms with E-state index < -0.39 is 0 Å². The second-order valence-corrected chi connectivity index (χ2v) is 5.04. The molecule has 0 saturated carbocycles. The third kappa shape index (κ3) is 5.08. The number of aromatic nitrogens is 1. The van der Waals surface area contributed by atoms with Crippen LogP contribution in [0.1, 0.15) is 25.1 Å². The van der Waals surface area contributed by atoms with Crippen LogP contribution in [-0.4, -0.2) is 17.5 Å². The van der Waals surface area contributed by atoms with Crippen molar-refractivity contribution in [3.63, 3.8) is 0 Å². The highest BCUT2D eigenvalue weighted by atomic mass is 35.5. The number of nitrogens with one attached hydrogen (secondary N) is 1. The van der Waals surface area contributed by atoms with Crippen molar-refractivity contribution in [3.05, 3.63) is 59.4 Å². The fourth-order valence-corrected chi connectivity index (χ4v) is 2.02. The molecule has 2 aromatic rings. The van der Waals surface area contributed by atoms with Crippen molar-refractivity contribution < 1.29 is 9.53 Å². The van der Waals surface area contributed by atoms with Crippen molar-refractivity contribution in [1.29, 1.82) is 0 Å². The molecule has 0 unspecified atom stereocenters. The molecule has 0 saturated heterocycles. The summed E-state index contributed by atoms with van der Waals surface area (Å²) in [5, 5.41) is 3.50. The first-order valence-corrected chi connectivity index (χ1v) is 7.11. The molecule has 1 amide bonds. The quantitative estimate of drug-likeness (QED) is 0.890. The van der Waals surface area contributed by atoms with Gasteiger partial charge in [-0.3, -0.25) is 9.78 Å². The molecule has 1 aromatic carbocycles. The summed E-state index contributed by atoms with van der Waals surface area (Å²) in [7, 11) is 0. The fourth-order valence-electron chi connectivity index (χ4n) is 1.84. The summed E-state index contributed by atoms with van der Waals surface area (Å²) in [6.07, 6.45) is 1.99. The molecule has 5 heteroatoms. The third-order valence-electron chi connectivity index (χ3n) is 2.90. The molecule has 2 rings (SSSR count). The topological polar surface area (TPSA) is 51.2 Å². The van der Waals surface area contributed by atoms with Crippen LogP contribution in [0, 0.1) is 0 Å². The van der Waals surface area contributed by atoms with E-state index in [4.69, 9.17) is 16.3 Å². The molecular weight excluding hydrogens is 288 g/mol. The third-order valence-corrected chi connectivity index (χ3v) is 3.14. The Balaban J connectivity index is 1.75. The Bertz CT molecular complexity index is 590. The largest absolute Gasteiger partial charge is 0.493 e. The van der Waals surface area contributed by atoms with Crippen molar-refractivity contribution in [2.75, 3.05) is 6.61 Å². The molecule has 1 N–H and O–H groups in total. The van der Waals surface area contributed by atoms with Crippen LogP contribution < -0.4 is 10.1 Å². The van der Waals surface area contributed by atoms with Crippen LogP contribution in [0.4, 0.5) is 0 Å². The molecule has 1 atom stereocenters. The van der Waals surface area contributed by atoms with E-state index in [9.17, 15) is 4.79 Å². The number of carbonyl (C=O) groups is 1. The Morgan fingerprint density at radius 1 is 1.33 bits per heavy atom. The van der Waals surface area contributed by atoms with Crippen molar-refractivity contribution in [1.82, 2.24) is 10.3 Å². The van der Waals surface area contributed by atoms with Crippen LogP contribution in [0.15, 0.2) is 48.7 Å². The van der Waals surface area contributed by atoms with Gasteiger partial charge in [0.1, 0.15) is 5.75 Å². The monoisotopic (exact) mass is 304 g/mol. The lowest BCUT2D eigenvalue weighted by molar-refractivity contribution is -0.122. The summed E-state index contributed by atoms with van der Waals surface area (Å²) in [4.78, 5) is 16.0. The minimum Gasteiger partial charge on any atom is -0.493 e. The molecule has 0 fully saturated rings. The highest BCUT2D eigenvalue weighted by Crippen LogP contribution is 2.17. The average Bonchev–Trinajstić information content (AvgIpc) is 2.48. The molecule has 4 nitrogen and oxygen atoms in total. The van der Waals surface area contributed by atoms with E-state index in [1.165, 1.54) is 0 Å². The first-order valence-electron chi connectivity index (χ1n) is 6.74. The van der Waals surface area contributed by atoms with E-state index in [1.54, 1.807) is 30.5 Å². The van der Waals surface area contributed by atoms with Gasteiger partial charge in [0, 0.05) is 11.2 Å². The van der Waals surface area contributed by atoms with Gasteiger partial charge in [0.2, 0.25) is 5.91 Å². The summed E-state index contributed by atoms with van der Waals surface area (Å²) in [5.41, 5.74) is 0.835. The number of ether oxygens (including phenoxy) is 1. The van der Waals surface area contributed by atoms with Gasteiger partial charge < -0.3 is 10.1 Å². The second-order valence-electron chi connectivity index (χ2n) is 4.60. The van der Waals surface area contributed by atoms with Gasteiger partial charge in [-0.05, 0) is 37.3 Å². The van der Waals surface area contributed by atoms with E-state index >= 15 is 0 Å². The lowest BCUT2D eigenvalue weighted by Gasteiger charge is -2.13. The Morgan fingerprint density at radius 2 is 2.19 bits per heavy atom. The first-order chi connectivity index (χ1) is 10.1. The number of benzene rings is 1. The highest BCUT2D eigenvalue weighted by Gasteiger charge is 2.10. The maximum absolute atomic E-state index is 11.8. The van der Waals surface area contributed by atoms with Gasteiger partial charge in [-0.1, -0.05) is 23.7 Å². The normalized spacial score (nSPS) is 11.7. The number of carbonyl (C=O) groups excluding carboxylic acids is 1. The number of halogens is 1. The molecular formula is C16H17ClN2O2. The zero-order chi connectivity index (χ0) is 15.1. The Morgan fingerprint density at radius 3 is 2.90 bits per heavy atom. The summed E-state index contributed by atoms with van der Waals surface area (Å²) >= 11 is 5.86. The molecule has 0 bridgehead atoms. The standard InChI is InChI=1S/C16H17ClN2O2/c1-12(15-7-2-3-9-18-15)19-16(20)8-10-21-14-6-4-5-13(17)11-14/h2-7,9,11-12H,8,10H2,1H3,(H,19,20)/t12-/m1/s1. The average molecular weight is 305 g/mol. The molecule has 0 aliphatic carbocycles. The van der Waals surface area contributed by atoms with Crippen LogP contribution in [0.3, 0.4) is 0 Å². The van der Waals surface area contributed by atoms with Gasteiger partial charge >= 0.3 is 0 Å². The van der Waals surface area contributed by atoms with Crippen molar-refractivity contribution >= 4 is 17.5 Å². The van der Waals surface area contributed by atoms with Gasteiger partial charge in [-0.2, -0.15) is 0 Å². The van der Waals surface area contributed by atoms with Gasteiger partial charge in [0.25, 0.3) is 0 Å². The highest BCUT2D eigenvalue weighted by molar-refractivity contribution is 6.30. The van der Waals surface area contributed by atoms with E-state index in [-0.39, 0.29) is 18.4 Å². The summed E-state index contributed by atoms with van der Waals surface area (Å²) in [6.45, 7) is 2.21. The van der Waals surface area contributed by atoms with Crippen molar-refractivity contribution in [3.8, 4) is 5.75 Å². The molecule has 0 spiro atoms. The number of pyridine rings is 1. The van der Waals surface area contributed by atoms with Gasteiger partial charge in [-0.25, -0.2) is 0 Å². The lowest BCUT2D eigenvalue weighted by Crippen LogP contribution is -2.28. The maximum Gasteiger partial charge on any atom is 0.223 e. The number of rotatable bonds is 6. The van der Waals surface area contributed by atoms with Gasteiger partial charge in [-0.15, -0.1) is 0 Å². The lowest BCUT2D eigenvalue weighted by atomic mass is 10.2. The Kier molecular flexibility index (Phi) is 5.58. The molecule has 0 aliphatic rings. The number of hydrogen-bond acceptors (Lipinski definition) is 3. The first kappa shape index (κ1) is 15.3. The minimum absolute atomic E-state index is 0.0739. The molecule has 1 aromatic heterocycles. The fraction of sp³-hybridized carbons (Fsp3) is 0.250. The van der Waals surface area contributed by atoms with Crippen LogP contribution in [-0.2, 0) is 4.79 Å². The zero-order valence-electron chi connectivity index (χ0n) is 11.8. The van der Waals surface area contributed by atoms with Gasteiger partial charge in [0.05, 0.1) is 24.8 Å². The predicted molar refractivity (Wildman–Crippen MR) is 82.4 cm³/mol. The SMILES string of the molecule is C[C@@H](NC(=O)CCOc1cccc(Cl)c1)c1ccccn1. The smallest absolute Gasteiger partial charge is 0.223 e. The number of amides is 1. The summed E-state index contributed by atoms with van der Waals surface area (Å²) in [5.74, 6) is 0.586. The van der Waals surface area contributed by atoms with E-state index in [2.05, 4.69) is 10.3 Å². The van der Waals surface area contributed by atoms with E-state index in [1.807, 2.05) is 25.1 Å². The number of nitrogens with zero attached hydrogens (tertiary/aromatic N) is 1. The van der Waals surface area contributed by atoms with Crippen LogP contribution in [0.25, 0.3) is 0 Å². The van der Waals surface area contributed by atoms with Crippen LogP contribution >= 0.6 is 11.6 Å². The van der Waals surface area contributed by atoms with Crippen molar-refractivity contribution in [2.24, 2.45) is 0 Å². The van der Waals surface area contributed by atoms with Crippen molar-refractivity contribution in [2.45, 2.75) is 19.4 Å². The second kappa shape index (κ2) is 7.64. The van der Waals surface area contributed by atoms with Gasteiger partial charge in [0.15, 0.2) is 0 Å². The predicted octanol–water partition coefficient (Wildman–Crippen LogP) is 3.38. The molecule has 21 heavy (non-hydrogen) atoms. The molecule has 0 aliphatic heterocycles. The molecule has 110 valence electrons. The summed E-state index contributed by atoms with van der Waals surface area (Å²) in [6, 6.07) is 12.6. The molecule has 0 radical (unpaired) electrons. The zero-order valence-corrected chi connectivity index (χ0v) is 12.5. The Labute approximate surface area is 129 Å². The van der Waals surface area contributed by atoms with E-state index in [0.29, 0.717) is 17.4 Å². The maximum atomic E-state index is 11.8. The summed E-state index contributed by atoms with van der Waals surface area (Å²) < 4.78 is 5.48. The number of hydrogen-bond donors (Lipinski definition) is 1. The van der Waals surface area contributed by atoms with Crippen LogP contribution in [0.2, 0.25) is 5.02 Å². The minimum atomic E-state index is -0.120.